The second-order valence-electron chi connectivity index (χ2n) is 2.50. The molecular formula is C8H6F2. The number of fused-ring (bicyclic) bond motifs is 1. The molecule has 52 valence electrons. The Morgan fingerprint density at radius 3 is 2.40 bits per heavy atom. The molecule has 1 aromatic carbocycles. The van der Waals surface area contributed by atoms with Crippen molar-refractivity contribution in [3.05, 3.63) is 34.9 Å². The van der Waals surface area contributed by atoms with Crippen LogP contribution in [0.3, 0.4) is 0 Å². The second kappa shape index (κ2) is 1.78. The Morgan fingerprint density at radius 1 is 1.10 bits per heavy atom. The smallest absolute Gasteiger partial charge is 0.162 e. The van der Waals surface area contributed by atoms with Crippen LogP contribution in [0.4, 0.5) is 8.78 Å². The van der Waals surface area contributed by atoms with Crippen LogP contribution >= 0.6 is 0 Å². The minimum Gasteiger partial charge on any atom is -0.204 e. The van der Waals surface area contributed by atoms with E-state index in [2.05, 4.69) is 0 Å². The van der Waals surface area contributed by atoms with Crippen molar-refractivity contribution in [2.24, 2.45) is 0 Å². The Bertz CT molecular complexity index is 264. The Kier molecular flexibility index (Phi) is 1.04. The molecule has 2 heteroatoms. The van der Waals surface area contributed by atoms with Gasteiger partial charge in [-0.3, -0.25) is 0 Å². The molecule has 1 aliphatic carbocycles. The van der Waals surface area contributed by atoms with Crippen LogP contribution in [0.1, 0.15) is 11.1 Å². The van der Waals surface area contributed by atoms with Crippen LogP contribution in [-0.2, 0) is 12.8 Å². The first-order valence-electron chi connectivity index (χ1n) is 3.25. The quantitative estimate of drug-likeness (QED) is 0.517. The molecular weight excluding hydrogens is 134 g/mol. The fourth-order valence-electron chi connectivity index (χ4n) is 1.22. The number of aryl methyl sites for hydroxylation is 1. The third kappa shape index (κ3) is 0.589. The topological polar surface area (TPSA) is 0 Å². The van der Waals surface area contributed by atoms with Crippen molar-refractivity contribution in [3.63, 3.8) is 0 Å². The fraction of sp³-hybridized carbons (Fsp3) is 0.250. The molecule has 1 aromatic rings. The van der Waals surface area contributed by atoms with Crippen molar-refractivity contribution in [3.8, 4) is 0 Å². The zero-order valence-corrected chi connectivity index (χ0v) is 5.32. The van der Waals surface area contributed by atoms with Gasteiger partial charge in [0.2, 0.25) is 0 Å². The summed E-state index contributed by atoms with van der Waals surface area (Å²) in [6, 6.07) is 2.84. The second-order valence-corrected chi connectivity index (χ2v) is 2.50. The van der Waals surface area contributed by atoms with Gasteiger partial charge in [0.1, 0.15) is 0 Å². The lowest BCUT2D eigenvalue weighted by atomic mass is 9.88. The van der Waals surface area contributed by atoms with Gasteiger partial charge in [-0.1, -0.05) is 6.07 Å². The number of hydrogen-bond donors (Lipinski definition) is 0. The van der Waals surface area contributed by atoms with Gasteiger partial charge in [-0.15, -0.1) is 0 Å². The highest BCUT2D eigenvalue weighted by molar-refractivity contribution is 5.36. The average molecular weight is 140 g/mol. The molecule has 1 aliphatic rings. The monoisotopic (exact) mass is 140 g/mol. The summed E-state index contributed by atoms with van der Waals surface area (Å²) in [6.45, 7) is 0. The van der Waals surface area contributed by atoms with Crippen molar-refractivity contribution >= 4 is 0 Å². The molecule has 0 N–H and O–H groups in total. The molecule has 0 unspecified atom stereocenters. The molecule has 2 rings (SSSR count). The highest BCUT2D eigenvalue weighted by Gasteiger charge is 2.19. The maximum absolute atomic E-state index is 12.7. The number of hydrogen-bond acceptors (Lipinski definition) is 0. The normalized spacial score (nSPS) is 14.2. The lowest BCUT2D eigenvalue weighted by molar-refractivity contribution is 0.488. The molecule has 0 fully saturated rings. The third-order valence-corrected chi connectivity index (χ3v) is 1.94. The predicted molar refractivity (Wildman–Crippen MR) is 33.8 cm³/mol. The van der Waals surface area contributed by atoms with Gasteiger partial charge in [0.15, 0.2) is 11.6 Å². The summed E-state index contributed by atoms with van der Waals surface area (Å²) in [5, 5.41) is 0. The van der Waals surface area contributed by atoms with E-state index in [4.69, 9.17) is 0 Å². The number of halogens is 2. The molecule has 0 saturated carbocycles. The molecule has 10 heavy (non-hydrogen) atoms. The van der Waals surface area contributed by atoms with Crippen molar-refractivity contribution in [2.75, 3.05) is 0 Å². The minimum atomic E-state index is -0.724. The van der Waals surface area contributed by atoms with E-state index in [9.17, 15) is 8.78 Å². The summed E-state index contributed by atoms with van der Waals surface area (Å²) < 4.78 is 25.1. The molecule has 0 aromatic heterocycles. The van der Waals surface area contributed by atoms with E-state index in [-0.39, 0.29) is 0 Å². The van der Waals surface area contributed by atoms with Crippen molar-refractivity contribution < 1.29 is 8.78 Å². The minimum absolute atomic E-state index is 0.569. The SMILES string of the molecule is Fc1ccc2c(c1F)CC2. The van der Waals surface area contributed by atoms with E-state index in [0.717, 1.165) is 12.0 Å². The van der Waals surface area contributed by atoms with Gasteiger partial charge in [0.25, 0.3) is 0 Å². The molecule has 0 heterocycles. The molecule has 0 atom stereocenters. The van der Waals surface area contributed by atoms with Crippen LogP contribution in [0.5, 0.6) is 0 Å². The Morgan fingerprint density at radius 2 is 1.90 bits per heavy atom. The summed E-state index contributed by atoms with van der Waals surface area (Å²) in [6.07, 6.45) is 1.59. The highest BCUT2D eigenvalue weighted by atomic mass is 19.2. The van der Waals surface area contributed by atoms with Gasteiger partial charge < -0.3 is 0 Å². The number of benzene rings is 1. The van der Waals surface area contributed by atoms with Crippen molar-refractivity contribution in [1.29, 1.82) is 0 Å². The van der Waals surface area contributed by atoms with Crippen LogP contribution in [0, 0.1) is 11.6 Å². The zero-order valence-electron chi connectivity index (χ0n) is 5.32. The summed E-state index contributed by atoms with van der Waals surface area (Å²) in [5.74, 6) is -1.37. The molecule has 0 saturated heterocycles. The summed E-state index contributed by atoms with van der Waals surface area (Å²) in [7, 11) is 0. The standard InChI is InChI=1S/C8H6F2/c9-7-4-2-5-1-3-6(5)8(7)10/h2,4H,1,3H2. The van der Waals surface area contributed by atoms with E-state index in [1.165, 1.54) is 6.07 Å². The van der Waals surface area contributed by atoms with Crippen LogP contribution in [-0.4, -0.2) is 0 Å². The maximum Gasteiger partial charge on any atom is 0.162 e. The lowest BCUT2D eigenvalue weighted by Crippen LogP contribution is -2.11. The molecule has 0 amide bonds. The van der Waals surface area contributed by atoms with E-state index in [1.54, 1.807) is 6.07 Å². The van der Waals surface area contributed by atoms with E-state index < -0.39 is 11.6 Å². The first kappa shape index (κ1) is 5.83. The van der Waals surface area contributed by atoms with Crippen LogP contribution in [0.25, 0.3) is 0 Å². The molecule has 0 radical (unpaired) electrons. The van der Waals surface area contributed by atoms with Gasteiger partial charge >= 0.3 is 0 Å². The zero-order chi connectivity index (χ0) is 7.14. The average Bonchev–Trinajstić information content (AvgIpc) is 1.82. The number of rotatable bonds is 0. The van der Waals surface area contributed by atoms with Gasteiger partial charge in [-0.2, -0.15) is 0 Å². The van der Waals surface area contributed by atoms with Crippen LogP contribution in [0.2, 0.25) is 0 Å². The van der Waals surface area contributed by atoms with Gasteiger partial charge in [0, 0.05) is 0 Å². The van der Waals surface area contributed by atoms with Gasteiger partial charge in [-0.25, -0.2) is 8.78 Å². The van der Waals surface area contributed by atoms with E-state index in [1.807, 2.05) is 0 Å². The predicted octanol–water partition coefficient (Wildman–Crippen LogP) is 2.06. The molecule has 0 spiro atoms. The third-order valence-electron chi connectivity index (χ3n) is 1.94. The summed E-state index contributed by atoms with van der Waals surface area (Å²) in [5.41, 5.74) is 1.53. The van der Waals surface area contributed by atoms with Gasteiger partial charge in [0.05, 0.1) is 0 Å². The molecule has 0 aliphatic heterocycles. The van der Waals surface area contributed by atoms with Crippen LogP contribution in [0.15, 0.2) is 12.1 Å². The summed E-state index contributed by atoms with van der Waals surface area (Å²) >= 11 is 0. The first-order valence-corrected chi connectivity index (χ1v) is 3.25. The van der Waals surface area contributed by atoms with E-state index >= 15 is 0 Å². The molecule has 0 bridgehead atoms. The Balaban J connectivity index is 2.66. The Labute approximate surface area is 57.5 Å². The fourth-order valence-corrected chi connectivity index (χ4v) is 1.22. The van der Waals surface area contributed by atoms with Gasteiger partial charge in [-0.05, 0) is 30.0 Å². The van der Waals surface area contributed by atoms with E-state index in [0.29, 0.717) is 12.0 Å². The first-order chi connectivity index (χ1) is 4.79. The van der Waals surface area contributed by atoms with Crippen LogP contribution < -0.4 is 0 Å². The highest BCUT2D eigenvalue weighted by Crippen LogP contribution is 2.26. The van der Waals surface area contributed by atoms with Crippen molar-refractivity contribution in [2.45, 2.75) is 12.8 Å². The Hall–Kier alpha value is -0.920. The van der Waals surface area contributed by atoms with Crippen molar-refractivity contribution in [1.82, 2.24) is 0 Å². The lowest BCUT2D eigenvalue weighted by Gasteiger charge is -2.18. The maximum atomic E-state index is 12.7. The molecule has 0 nitrogen and oxygen atoms in total. The largest absolute Gasteiger partial charge is 0.204 e. The summed E-state index contributed by atoms with van der Waals surface area (Å²) in [4.78, 5) is 0.